The lowest BCUT2D eigenvalue weighted by Crippen LogP contribution is -2.50. The van der Waals surface area contributed by atoms with Gasteiger partial charge >= 0.3 is 18.2 Å². The SMILES string of the molecule is C/C(=C\C=C\[C@@H](C)COC(=O)N1CCC[C@@H]1CO)[C@H]1OC(=O)C[C@@H](O)CC[C@](C)(O)[C@H](OC(=O)N2CCN(C)CC2)/C=C/[C@@H]1C. The third kappa shape index (κ3) is 11.1. The Hall–Kier alpha value is -2.93. The highest BCUT2D eigenvalue weighted by molar-refractivity contribution is 5.70. The number of esters is 1. The first-order chi connectivity index (χ1) is 21.3. The molecule has 0 aromatic heterocycles. The molecule has 254 valence electrons. The number of hydrogen-bond acceptors (Lipinski definition) is 10. The van der Waals surface area contributed by atoms with Crippen molar-refractivity contribution in [2.45, 2.75) is 89.8 Å². The largest absolute Gasteiger partial charge is 0.457 e. The number of likely N-dealkylation sites (tertiary alicyclic amines) is 1. The Morgan fingerprint density at radius 3 is 2.56 bits per heavy atom. The molecule has 0 aromatic carbocycles. The lowest BCUT2D eigenvalue weighted by molar-refractivity contribution is -0.151. The maximum atomic E-state index is 13.0. The van der Waals surface area contributed by atoms with E-state index >= 15 is 0 Å². The standard InChI is InChI=1S/C33H53N3O9/c1-23(22-43-32(41)36-15-7-10-26(36)21-37)8-6-9-24(2)30-25(3)11-12-28(44-31(40)35-18-16-34(5)17-19-35)33(4,42)14-13-27(38)20-29(39)45-30/h6,8-9,11-12,23,25-28,30,37-38,42H,7,10,13-22H2,1-5H3/b8-6+,12-11+,24-9+/t23-,25+,26-,27+,28-,30-,33+/m1/s1. The van der Waals surface area contributed by atoms with Crippen molar-refractivity contribution in [2.24, 2.45) is 11.8 Å². The molecule has 0 radical (unpaired) electrons. The zero-order valence-electron chi connectivity index (χ0n) is 27.5. The molecule has 0 spiro atoms. The van der Waals surface area contributed by atoms with Gasteiger partial charge in [0.15, 0.2) is 6.10 Å². The molecule has 45 heavy (non-hydrogen) atoms. The molecule has 2 amide bonds. The Kier molecular flexibility index (Phi) is 13.9. The fourth-order valence-corrected chi connectivity index (χ4v) is 5.72. The van der Waals surface area contributed by atoms with E-state index in [9.17, 15) is 29.7 Å². The normalized spacial score (nSPS) is 32.4. The van der Waals surface area contributed by atoms with Gasteiger partial charge in [0.25, 0.3) is 0 Å². The van der Waals surface area contributed by atoms with E-state index in [0.717, 1.165) is 31.5 Å². The number of aliphatic hydroxyl groups excluding tert-OH is 2. The van der Waals surface area contributed by atoms with Gasteiger partial charge < -0.3 is 44.2 Å². The van der Waals surface area contributed by atoms with E-state index in [-0.39, 0.29) is 50.4 Å². The van der Waals surface area contributed by atoms with Crippen LogP contribution in [0.5, 0.6) is 0 Å². The lowest BCUT2D eigenvalue weighted by atomic mass is 9.89. The zero-order chi connectivity index (χ0) is 33.1. The van der Waals surface area contributed by atoms with Crippen molar-refractivity contribution in [1.82, 2.24) is 14.7 Å². The molecule has 0 aromatic rings. The van der Waals surface area contributed by atoms with Crippen LogP contribution in [0.4, 0.5) is 9.59 Å². The van der Waals surface area contributed by atoms with E-state index < -0.39 is 42.1 Å². The number of piperazine rings is 1. The van der Waals surface area contributed by atoms with Crippen LogP contribution in [-0.2, 0) is 19.0 Å². The summed E-state index contributed by atoms with van der Waals surface area (Å²) in [5.41, 5.74) is -0.730. The summed E-state index contributed by atoms with van der Waals surface area (Å²) in [6.07, 6.45) is 6.98. The van der Waals surface area contributed by atoms with Gasteiger partial charge in [0, 0.05) is 44.6 Å². The zero-order valence-corrected chi connectivity index (χ0v) is 27.5. The second-order valence-electron chi connectivity index (χ2n) is 13.0. The molecule has 0 bridgehead atoms. The molecule has 2 fully saturated rings. The second kappa shape index (κ2) is 17.1. The van der Waals surface area contributed by atoms with Gasteiger partial charge in [0.05, 0.1) is 31.8 Å². The van der Waals surface area contributed by atoms with Crippen LogP contribution >= 0.6 is 0 Å². The van der Waals surface area contributed by atoms with Crippen molar-refractivity contribution in [3.05, 3.63) is 36.0 Å². The monoisotopic (exact) mass is 635 g/mol. The molecule has 3 heterocycles. The molecule has 0 saturated carbocycles. The molecule has 3 aliphatic rings. The first-order valence-corrected chi connectivity index (χ1v) is 16.1. The van der Waals surface area contributed by atoms with E-state index in [1.54, 1.807) is 28.9 Å². The minimum absolute atomic E-state index is 0.0747. The predicted molar refractivity (Wildman–Crippen MR) is 168 cm³/mol. The fourth-order valence-electron chi connectivity index (χ4n) is 5.72. The summed E-state index contributed by atoms with van der Waals surface area (Å²) >= 11 is 0. The minimum atomic E-state index is -1.47. The number of ether oxygens (including phenoxy) is 3. The van der Waals surface area contributed by atoms with Crippen LogP contribution in [0.25, 0.3) is 0 Å². The predicted octanol–water partition coefficient (Wildman–Crippen LogP) is 2.87. The van der Waals surface area contributed by atoms with Gasteiger partial charge in [-0.05, 0) is 58.2 Å². The number of cyclic esters (lactones) is 1. The molecule has 3 N–H and O–H groups in total. The summed E-state index contributed by atoms with van der Waals surface area (Å²) in [7, 11) is 1.99. The number of amides is 2. The van der Waals surface area contributed by atoms with Gasteiger partial charge in [-0.2, -0.15) is 0 Å². The quantitative estimate of drug-likeness (QED) is 0.165. The van der Waals surface area contributed by atoms with Crippen LogP contribution in [0, 0.1) is 11.8 Å². The minimum Gasteiger partial charge on any atom is -0.457 e. The molecule has 2 saturated heterocycles. The summed E-state index contributed by atoms with van der Waals surface area (Å²) in [5, 5.41) is 31.3. The number of allylic oxidation sites excluding steroid dienone is 2. The lowest BCUT2D eigenvalue weighted by Gasteiger charge is -2.36. The number of likely N-dealkylation sites (N-methyl/N-ethyl adjacent to an activating group) is 1. The maximum absolute atomic E-state index is 13.0. The van der Waals surface area contributed by atoms with Crippen molar-refractivity contribution >= 4 is 18.2 Å². The molecular weight excluding hydrogens is 582 g/mol. The van der Waals surface area contributed by atoms with Crippen molar-refractivity contribution in [1.29, 1.82) is 0 Å². The van der Waals surface area contributed by atoms with Gasteiger partial charge in [-0.25, -0.2) is 9.59 Å². The van der Waals surface area contributed by atoms with E-state index in [4.69, 9.17) is 14.2 Å². The van der Waals surface area contributed by atoms with E-state index in [1.807, 2.05) is 46.0 Å². The van der Waals surface area contributed by atoms with E-state index in [2.05, 4.69) is 4.90 Å². The molecule has 3 rings (SSSR count). The summed E-state index contributed by atoms with van der Waals surface area (Å²) in [6.45, 7) is 10.4. The van der Waals surface area contributed by atoms with Gasteiger partial charge in [-0.3, -0.25) is 4.79 Å². The van der Waals surface area contributed by atoms with E-state index in [0.29, 0.717) is 19.6 Å². The summed E-state index contributed by atoms with van der Waals surface area (Å²) < 4.78 is 17.1. The van der Waals surface area contributed by atoms with Crippen LogP contribution in [0.3, 0.4) is 0 Å². The van der Waals surface area contributed by atoms with Gasteiger partial charge in [-0.15, -0.1) is 0 Å². The number of hydrogen-bond donors (Lipinski definition) is 3. The average molecular weight is 636 g/mol. The molecule has 3 aliphatic heterocycles. The second-order valence-corrected chi connectivity index (χ2v) is 13.0. The van der Waals surface area contributed by atoms with Crippen molar-refractivity contribution in [3.8, 4) is 0 Å². The average Bonchev–Trinajstić information content (AvgIpc) is 3.48. The Balaban J connectivity index is 1.70. The topological polar surface area (TPSA) is 149 Å². The van der Waals surface area contributed by atoms with Crippen LogP contribution in [0.1, 0.15) is 59.8 Å². The summed E-state index contributed by atoms with van der Waals surface area (Å²) in [6, 6.07) is -0.190. The molecule has 0 aliphatic carbocycles. The van der Waals surface area contributed by atoms with Gasteiger partial charge in [0.2, 0.25) is 0 Å². The van der Waals surface area contributed by atoms with E-state index in [1.165, 1.54) is 0 Å². The first-order valence-electron chi connectivity index (χ1n) is 16.1. The summed E-state index contributed by atoms with van der Waals surface area (Å²) in [4.78, 5) is 43.5. The van der Waals surface area contributed by atoms with Crippen molar-refractivity contribution in [3.63, 3.8) is 0 Å². The number of carbonyl (C=O) groups is 3. The smallest absolute Gasteiger partial charge is 0.410 e. The van der Waals surface area contributed by atoms with Crippen LogP contribution in [0.2, 0.25) is 0 Å². The summed E-state index contributed by atoms with van der Waals surface area (Å²) in [5.74, 6) is -0.988. The van der Waals surface area contributed by atoms with Crippen LogP contribution < -0.4 is 0 Å². The third-order valence-corrected chi connectivity index (χ3v) is 8.85. The Morgan fingerprint density at radius 2 is 1.87 bits per heavy atom. The van der Waals surface area contributed by atoms with Crippen molar-refractivity contribution < 1.29 is 43.9 Å². The molecule has 7 atom stereocenters. The number of nitrogens with zero attached hydrogens (tertiary/aromatic N) is 3. The molecular formula is C33H53N3O9. The van der Waals surface area contributed by atoms with Crippen LogP contribution in [-0.4, -0.2) is 131 Å². The molecule has 12 nitrogen and oxygen atoms in total. The Morgan fingerprint density at radius 1 is 1.16 bits per heavy atom. The number of aliphatic hydroxyl groups is 3. The highest BCUT2D eigenvalue weighted by atomic mass is 16.6. The third-order valence-electron chi connectivity index (χ3n) is 8.85. The Labute approximate surface area is 267 Å². The van der Waals surface area contributed by atoms with Crippen LogP contribution in [0.15, 0.2) is 36.0 Å². The Bertz CT molecular complexity index is 1080. The van der Waals surface area contributed by atoms with Crippen molar-refractivity contribution in [2.75, 3.05) is 53.0 Å². The molecule has 12 heteroatoms. The fraction of sp³-hybridized carbons (Fsp3) is 0.727. The highest BCUT2D eigenvalue weighted by Gasteiger charge is 2.37. The molecule has 0 unspecified atom stereocenters. The highest BCUT2D eigenvalue weighted by Crippen LogP contribution is 2.27. The number of rotatable bonds is 7. The van der Waals surface area contributed by atoms with Gasteiger partial charge in [0.1, 0.15) is 11.7 Å². The first kappa shape index (κ1) is 36.5. The maximum Gasteiger partial charge on any atom is 0.410 e. The number of carbonyl (C=O) groups excluding carboxylic acids is 3. The van der Waals surface area contributed by atoms with Gasteiger partial charge in [-0.1, -0.05) is 38.2 Å².